The fourth-order valence-electron chi connectivity index (χ4n) is 5.67. The van der Waals surface area contributed by atoms with Crippen molar-refractivity contribution in [2.24, 2.45) is 11.1 Å². The molecule has 16 heteroatoms. The van der Waals surface area contributed by atoms with Crippen LogP contribution in [0.5, 0.6) is 0 Å². The number of nitrogens with zero attached hydrogens (tertiary/aromatic N) is 1. The van der Waals surface area contributed by atoms with Crippen LogP contribution >= 0.6 is 11.3 Å². The van der Waals surface area contributed by atoms with Crippen LogP contribution in [-0.4, -0.2) is 90.9 Å². The van der Waals surface area contributed by atoms with Gasteiger partial charge in [-0.15, -0.1) is 11.3 Å². The Morgan fingerprint density at radius 1 is 0.912 bits per heavy atom. The van der Waals surface area contributed by atoms with E-state index in [0.717, 1.165) is 37.9 Å². The van der Waals surface area contributed by atoms with Gasteiger partial charge in [0.15, 0.2) is 5.13 Å². The van der Waals surface area contributed by atoms with Gasteiger partial charge in [0.25, 0.3) is 0 Å². The molecule has 1 aromatic carbocycles. The summed E-state index contributed by atoms with van der Waals surface area (Å²) in [5.41, 5.74) is 6.12. The molecule has 1 aliphatic rings. The van der Waals surface area contributed by atoms with Crippen molar-refractivity contribution in [3.8, 4) is 0 Å². The Hall–Kier alpha value is -4.41. The molecule has 1 heterocycles. The summed E-state index contributed by atoms with van der Waals surface area (Å²) in [6, 6.07) is 9.94. The average molecular weight is 815 g/mol. The number of aryl methyl sites for hydroxylation is 2. The second kappa shape index (κ2) is 25.1. The lowest BCUT2D eigenvalue weighted by Gasteiger charge is -2.29. The van der Waals surface area contributed by atoms with Crippen molar-refractivity contribution in [1.82, 2.24) is 31.6 Å². The summed E-state index contributed by atoms with van der Waals surface area (Å²) in [6.45, 7) is 14.6. The van der Waals surface area contributed by atoms with Crippen molar-refractivity contribution in [3.63, 3.8) is 0 Å². The number of thiazole rings is 1. The van der Waals surface area contributed by atoms with Gasteiger partial charge in [0.1, 0.15) is 6.04 Å². The van der Waals surface area contributed by atoms with E-state index in [1.165, 1.54) is 21.8 Å². The number of carbonyl (C=O) groups excluding carboxylic acids is 6. The van der Waals surface area contributed by atoms with E-state index in [-0.39, 0.29) is 61.9 Å². The topological polar surface area (TPSA) is 223 Å². The number of hydrogen-bond acceptors (Lipinski definition) is 10. The van der Waals surface area contributed by atoms with E-state index in [0.29, 0.717) is 43.6 Å². The van der Waals surface area contributed by atoms with Crippen molar-refractivity contribution < 1.29 is 33.5 Å². The van der Waals surface area contributed by atoms with Gasteiger partial charge >= 0.3 is 0 Å². The van der Waals surface area contributed by atoms with Gasteiger partial charge in [-0.2, -0.15) is 0 Å². The molecule has 1 unspecified atom stereocenters. The first kappa shape index (κ1) is 48.7. The monoisotopic (exact) mass is 814 g/mol. The third-order valence-corrected chi connectivity index (χ3v) is 10.4. The number of fused-ring (bicyclic) bond motifs is 1. The van der Waals surface area contributed by atoms with Crippen LogP contribution in [0.2, 0.25) is 0 Å². The van der Waals surface area contributed by atoms with Crippen molar-refractivity contribution >= 4 is 51.9 Å². The van der Waals surface area contributed by atoms with Crippen LogP contribution in [0.1, 0.15) is 109 Å². The van der Waals surface area contributed by atoms with E-state index in [2.05, 4.69) is 62.9 Å². The maximum atomic E-state index is 12.5. The minimum atomic E-state index is -0.775. The lowest BCUT2D eigenvalue weighted by Crippen LogP contribution is -2.46. The van der Waals surface area contributed by atoms with E-state index >= 15 is 0 Å². The second-order valence-corrected chi connectivity index (χ2v) is 16.7. The van der Waals surface area contributed by atoms with Gasteiger partial charge in [-0.05, 0) is 79.2 Å². The van der Waals surface area contributed by atoms with E-state index in [1.54, 1.807) is 20.8 Å². The molecule has 0 saturated heterocycles. The van der Waals surface area contributed by atoms with E-state index in [4.69, 9.17) is 10.5 Å². The van der Waals surface area contributed by atoms with E-state index < -0.39 is 23.0 Å². The first-order chi connectivity index (χ1) is 26.9. The SMILES string of the molecule is CCCNC1CCc2nc(NC(=O)CCCC(=O)NCCC(=O)N[C@@H](C)C(=O)NCCC(C)(C)OCCC(C)(C)C(=O)NCC(N)=O)sc2C1.Cc1ccccc1. The lowest BCUT2D eigenvalue weighted by atomic mass is 9.88. The van der Waals surface area contributed by atoms with Crippen LogP contribution in [0.25, 0.3) is 0 Å². The van der Waals surface area contributed by atoms with E-state index in [9.17, 15) is 28.8 Å². The Kier molecular flexibility index (Phi) is 21.4. The molecule has 0 radical (unpaired) electrons. The lowest BCUT2D eigenvalue weighted by molar-refractivity contribution is -0.133. The number of amides is 6. The second-order valence-electron chi connectivity index (χ2n) is 15.7. The van der Waals surface area contributed by atoms with Gasteiger partial charge in [-0.1, -0.05) is 56.7 Å². The number of ether oxygens (including phenoxy) is 1. The summed E-state index contributed by atoms with van der Waals surface area (Å²) in [7, 11) is 0. The van der Waals surface area contributed by atoms with Crippen LogP contribution in [0, 0.1) is 12.3 Å². The number of primary amides is 1. The highest BCUT2D eigenvalue weighted by Crippen LogP contribution is 2.30. The predicted molar refractivity (Wildman–Crippen MR) is 223 cm³/mol. The smallest absolute Gasteiger partial charge is 0.242 e. The fraction of sp³-hybridized carbons (Fsp3) is 0.634. The van der Waals surface area contributed by atoms with Crippen molar-refractivity contribution in [3.05, 3.63) is 46.5 Å². The molecule has 0 bridgehead atoms. The van der Waals surface area contributed by atoms with Crippen LogP contribution in [-0.2, 0) is 46.3 Å². The highest BCUT2D eigenvalue weighted by Gasteiger charge is 2.29. The molecule has 318 valence electrons. The maximum Gasteiger partial charge on any atom is 0.242 e. The Balaban J connectivity index is 0.00000144. The maximum absolute atomic E-state index is 12.5. The van der Waals surface area contributed by atoms with Gasteiger partial charge in [0, 0.05) is 55.3 Å². The quantitative estimate of drug-likeness (QED) is 0.0872. The molecule has 2 aromatic rings. The zero-order chi connectivity index (χ0) is 42.4. The summed E-state index contributed by atoms with van der Waals surface area (Å²) < 4.78 is 5.95. The van der Waals surface area contributed by atoms with Gasteiger partial charge < -0.3 is 42.4 Å². The number of rotatable bonds is 23. The average Bonchev–Trinajstić information content (AvgIpc) is 3.54. The molecular formula is C41H66N8O7S. The zero-order valence-corrected chi connectivity index (χ0v) is 35.8. The van der Waals surface area contributed by atoms with Crippen molar-refractivity contribution in [1.29, 1.82) is 0 Å². The van der Waals surface area contributed by atoms with Crippen LogP contribution in [0.4, 0.5) is 5.13 Å². The molecule has 8 N–H and O–H groups in total. The molecule has 0 saturated carbocycles. The fourth-order valence-corrected chi connectivity index (χ4v) is 6.78. The molecular weight excluding hydrogens is 749 g/mol. The molecule has 1 aromatic heterocycles. The summed E-state index contributed by atoms with van der Waals surface area (Å²) in [5.74, 6) is -2.08. The molecule has 0 spiro atoms. The van der Waals surface area contributed by atoms with Crippen LogP contribution in [0.15, 0.2) is 30.3 Å². The van der Waals surface area contributed by atoms with Gasteiger partial charge in [-0.25, -0.2) is 4.98 Å². The standard InChI is InChI=1S/C34H58N8O7S.C7H8/c1-7-16-36-23-11-12-24-25(20-23)50-32(41-24)42-28(45)10-8-9-27(44)37-17-13-29(46)40-22(2)30(47)38-18-14-34(5,6)49-19-15-33(3,4)31(48)39-21-26(35)43;1-7-5-3-2-4-6-7/h22-23,36H,7-21H2,1-6H3,(H2,35,43)(H,37,44)(H,38,47)(H,39,48)(H,40,46)(H,41,42,45);2-6H,1H3/t22-,23?;/m0./s1. The Morgan fingerprint density at radius 3 is 2.26 bits per heavy atom. The van der Waals surface area contributed by atoms with Crippen LogP contribution < -0.4 is 37.6 Å². The third kappa shape index (κ3) is 20.5. The zero-order valence-electron chi connectivity index (χ0n) is 34.9. The molecule has 1 aliphatic carbocycles. The third-order valence-electron chi connectivity index (χ3n) is 9.35. The Bertz CT molecular complexity index is 1600. The number of nitrogens with two attached hydrogens (primary N) is 1. The minimum absolute atomic E-state index is 0.00511. The van der Waals surface area contributed by atoms with Crippen molar-refractivity contribution in [2.45, 2.75) is 130 Å². The van der Waals surface area contributed by atoms with Gasteiger partial charge in [0.2, 0.25) is 35.4 Å². The normalized spacial score (nSPS) is 14.2. The number of anilines is 1. The number of nitrogens with one attached hydrogen (secondary N) is 6. The predicted octanol–water partition coefficient (Wildman–Crippen LogP) is 3.43. The summed E-state index contributed by atoms with van der Waals surface area (Å²) >= 11 is 1.52. The number of hydrogen-bond donors (Lipinski definition) is 7. The molecule has 15 nitrogen and oxygen atoms in total. The molecule has 6 amide bonds. The first-order valence-electron chi connectivity index (χ1n) is 20.0. The summed E-state index contributed by atoms with van der Waals surface area (Å²) in [4.78, 5) is 78.5. The molecule has 0 aliphatic heterocycles. The van der Waals surface area contributed by atoms with E-state index in [1.807, 2.05) is 32.0 Å². The summed E-state index contributed by atoms with van der Waals surface area (Å²) in [5, 5.41) is 17.6. The number of carbonyl (C=O) groups is 6. The number of aromatic nitrogens is 1. The molecule has 57 heavy (non-hydrogen) atoms. The van der Waals surface area contributed by atoms with Gasteiger partial charge in [-0.3, -0.25) is 28.8 Å². The largest absolute Gasteiger partial charge is 0.375 e. The molecule has 3 rings (SSSR count). The Labute approximate surface area is 342 Å². The molecule has 0 fully saturated rings. The van der Waals surface area contributed by atoms with Gasteiger partial charge in [0.05, 0.1) is 17.8 Å². The highest BCUT2D eigenvalue weighted by molar-refractivity contribution is 7.15. The number of benzene rings is 1. The minimum Gasteiger partial charge on any atom is -0.375 e. The first-order valence-corrected chi connectivity index (χ1v) is 20.8. The molecule has 2 atom stereocenters. The Morgan fingerprint density at radius 2 is 1.61 bits per heavy atom. The summed E-state index contributed by atoms with van der Waals surface area (Å²) in [6.07, 6.45) is 5.58. The van der Waals surface area contributed by atoms with Crippen LogP contribution in [0.3, 0.4) is 0 Å². The highest BCUT2D eigenvalue weighted by atomic mass is 32.1. The van der Waals surface area contributed by atoms with Crippen molar-refractivity contribution in [2.75, 3.05) is 38.1 Å².